The zero-order chi connectivity index (χ0) is 15.0. The lowest BCUT2D eigenvalue weighted by molar-refractivity contribution is -0.142. The maximum Gasteiger partial charge on any atom is 0.225 e. The number of nitrogens with zero attached hydrogens (tertiary/aromatic N) is 5. The van der Waals surface area contributed by atoms with E-state index in [1.54, 1.807) is 17.1 Å². The monoisotopic (exact) mass is 313 g/mol. The largest absolute Gasteiger partial charge is 0.338 e. The summed E-state index contributed by atoms with van der Waals surface area (Å²) in [7, 11) is -3.14. The van der Waals surface area contributed by atoms with Gasteiger partial charge in [-0.1, -0.05) is 5.21 Å². The molecule has 0 atom stereocenters. The summed E-state index contributed by atoms with van der Waals surface area (Å²) in [5.74, 6) is 0.0826. The molecule has 0 aromatic carbocycles. The van der Waals surface area contributed by atoms with Gasteiger partial charge < -0.3 is 4.90 Å². The quantitative estimate of drug-likeness (QED) is 0.739. The molecule has 3 heterocycles. The van der Waals surface area contributed by atoms with Crippen molar-refractivity contribution in [3.63, 3.8) is 0 Å². The number of likely N-dealkylation sites (tertiary alicyclic amines) is 1. The van der Waals surface area contributed by atoms with Gasteiger partial charge in [-0.05, 0) is 12.8 Å². The van der Waals surface area contributed by atoms with E-state index < -0.39 is 10.0 Å². The van der Waals surface area contributed by atoms with Gasteiger partial charge in [0.25, 0.3) is 0 Å². The molecule has 9 heteroatoms. The number of hydrogen-bond donors (Lipinski definition) is 0. The number of carbonyl (C=O) groups excluding carboxylic acids is 1. The predicted octanol–water partition coefficient (Wildman–Crippen LogP) is -0.667. The van der Waals surface area contributed by atoms with Crippen LogP contribution in [0.2, 0.25) is 0 Å². The highest BCUT2D eigenvalue weighted by molar-refractivity contribution is 7.88. The Morgan fingerprint density at radius 1 is 1.24 bits per heavy atom. The summed E-state index contributed by atoms with van der Waals surface area (Å²) >= 11 is 0. The van der Waals surface area contributed by atoms with Gasteiger partial charge in [0, 0.05) is 38.3 Å². The molecule has 8 nitrogen and oxygen atoms in total. The first kappa shape index (κ1) is 14.5. The molecule has 2 aliphatic heterocycles. The number of aromatic nitrogens is 3. The number of amides is 1. The van der Waals surface area contributed by atoms with Gasteiger partial charge in [0.1, 0.15) is 0 Å². The Labute approximate surface area is 123 Å². The highest BCUT2D eigenvalue weighted by atomic mass is 32.2. The van der Waals surface area contributed by atoms with Gasteiger partial charge >= 0.3 is 0 Å². The Morgan fingerprint density at radius 3 is 2.43 bits per heavy atom. The van der Waals surface area contributed by atoms with Crippen molar-refractivity contribution in [2.45, 2.75) is 18.9 Å². The second kappa shape index (κ2) is 5.38. The lowest BCUT2D eigenvalue weighted by atomic mass is 9.94. The first-order valence-corrected chi connectivity index (χ1v) is 8.89. The smallest absolute Gasteiger partial charge is 0.225 e. The molecule has 0 aliphatic carbocycles. The fraction of sp³-hybridized carbons (Fsp3) is 0.750. The van der Waals surface area contributed by atoms with E-state index >= 15 is 0 Å². The van der Waals surface area contributed by atoms with E-state index in [1.165, 1.54) is 10.6 Å². The third-order valence-electron chi connectivity index (χ3n) is 4.26. The summed E-state index contributed by atoms with van der Waals surface area (Å²) in [6.07, 6.45) is 5.86. The Hall–Kier alpha value is -1.48. The van der Waals surface area contributed by atoms with E-state index in [-0.39, 0.29) is 17.9 Å². The Kier molecular flexibility index (Phi) is 3.70. The molecule has 2 saturated heterocycles. The molecule has 0 saturated carbocycles. The van der Waals surface area contributed by atoms with Gasteiger partial charge in [0.2, 0.25) is 15.9 Å². The van der Waals surface area contributed by atoms with E-state index in [0.29, 0.717) is 39.0 Å². The average Bonchev–Trinajstić information content (AvgIpc) is 2.90. The average molecular weight is 313 g/mol. The minimum Gasteiger partial charge on any atom is -0.338 e. The number of piperidine rings is 1. The lowest BCUT2D eigenvalue weighted by Gasteiger charge is -2.42. The highest BCUT2D eigenvalue weighted by Crippen LogP contribution is 2.26. The van der Waals surface area contributed by atoms with E-state index in [9.17, 15) is 13.2 Å². The normalized spacial score (nSPS) is 22.2. The van der Waals surface area contributed by atoms with E-state index in [4.69, 9.17) is 0 Å². The van der Waals surface area contributed by atoms with Crippen molar-refractivity contribution in [1.29, 1.82) is 0 Å². The summed E-state index contributed by atoms with van der Waals surface area (Å²) < 4.78 is 26.1. The highest BCUT2D eigenvalue weighted by Gasteiger charge is 2.37. The molecule has 0 N–H and O–H groups in total. The van der Waals surface area contributed by atoms with Crippen molar-refractivity contribution in [3.05, 3.63) is 12.4 Å². The molecule has 0 spiro atoms. The maximum absolute atomic E-state index is 12.4. The SMILES string of the molecule is CS(=O)(=O)N1CCC(C(=O)N2CC(n3ccnn3)C2)CC1. The standard InChI is InChI=1S/C12H19N5O3S/c1-21(19,20)16-5-2-10(3-6-16)12(18)15-8-11(9-15)17-7-4-13-14-17/h4,7,10-11H,2-3,5-6,8-9H2,1H3. The van der Waals surface area contributed by atoms with Crippen LogP contribution in [-0.2, 0) is 14.8 Å². The predicted molar refractivity (Wildman–Crippen MR) is 74.8 cm³/mol. The Bertz CT molecular complexity index is 601. The third kappa shape index (κ3) is 2.93. The number of sulfonamides is 1. The van der Waals surface area contributed by atoms with E-state index in [2.05, 4.69) is 10.3 Å². The molecule has 21 heavy (non-hydrogen) atoms. The fourth-order valence-corrected chi connectivity index (χ4v) is 3.78. The number of hydrogen-bond acceptors (Lipinski definition) is 5. The molecule has 0 radical (unpaired) electrons. The van der Waals surface area contributed by atoms with Crippen LogP contribution in [0.4, 0.5) is 0 Å². The zero-order valence-electron chi connectivity index (χ0n) is 11.9. The second-order valence-corrected chi connectivity index (χ2v) is 7.70. The Morgan fingerprint density at radius 2 is 1.90 bits per heavy atom. The molecule has 1 amide bonds. The van der Waals surface area contributed by atoms with Gasteiger partial charge in [0.05, 0.1) is 18.5 Å². The molecule has 0 bridgehead atoms. The van der Waals surface area contributed by atoms with Crippen molar-refractivity contribution < 1.29 is 13.2 Å². The van der Waals surface area contributed by atoms with Crippen LogP contribution in [0, 0.1) is 5.92 Å². The summed E-state index contributed by atoms with van der Waals surface area (Å²) in [6.45, 7) is 2.20. The molecule has 116 valence electrons. The van der Waals surface area contributed by atoms with Gasteiger partial charge in [-0.2, -0.15) is 0 Å². The van der Waals surface area contributed by atoms with E-state index in [0.717, 1.165) is 0 Å². The van der Waals surface area contributed by atoms with Crippen LogP contribution in [-0.4, -0.2) is 71.0 Å². The Balaban J connectivity index is 1.50. The zero-order valence-corrected chi connectivity index (χ0v) is 12.7. The molecular weight excluding hydrogens is 294 g/mol. The van der Waals surface area contributed by atoms with Crippen LogP contribution in [0.1, 0.15) is 18.9 Å². The molecular formula is C12H19N5O3S. The third-order valence-corrected chi connectivity index (χ3v) is 5.56. The van der Waals surface area contributed by atoms with Crippen molar-refractivity contribution in [2.75, 3.05) is 32.4 Å². The number of rotatable bonds is 3. The minimum atomic E-state index is -3.14. The van der Waals surface area contributed by atoms with Gasteiger partial charge in [-0.3, -0.25) is 4.79 Å². The second-order valence-electron chi connectivity index (χ2n) is 5.72. The van der Waals surface area contributed by atoms with Gasteiger partial charge in [-0.15, -0.1) is 5.10 Å². The molecule has 1 aromatic heterocycles. The van der Waals surface area contributed by atoms with Gasteiger partial charge in [-0.25, -0.2) is 17.4 Å². The maximum atomic E-state index is 12.4. The van der Waals surface area contributed by atoms with Crippen LogP contribution >= 0.6 is 0 Å². The summed E-state index contributed by atoms with van der Waals surface area (Å²) in [4.78, 5) is 14.2. The summed E-state index contributed by atoms with van der Waals surface area (Å²) in [5.41, 5.74) is 0. The van der Waals surface area contributed by atoms with Crippen LogP contribution in [0.5, 0.6) is 0 Å². The molecule has 2 aliphatic rings. The first-order chi connectivity index (χ1) is 9.95. The van der Waals surface area contributed by atoms with Crippen molar-refractivity contribution in [2.24, 2.45) is 5.92 Å². The first-order valence-electron chi connectivity index (χ1n) is 7.05. The van der Waals surface area contributed by atoms with Crippen LogP contribution in [0.3, 0.4) is 0 Å². The fourth-order valence-electron chi connectivity index (χ4n) is 2.91. The molecule has 3 rings (SSSR count). The van der Waals surface area contributed by atoms with Crippen LogP contribution < -0.4 is 0 Å². The van der Waals surface area contributed by atoms with Crippen LogP contribution in [0.15, 0.2) is 12.4 Å². The van der Waals surface area contributed by atoms with Crippen molar-refractivity contribution in [3.8, 4) is 0 Å². The summed E-state index contributed by atoms with van der Waals surface area (Å²) in [6, 6.07) is 0.215. The van der Waals surface area contributed by atoms with E-state index in [1.807, 2.05) is 4.90 Å². The lowest BCUT2D eigenvalue weighted by Crippen LogP contribution is -2.54. The molecule has 1 aromatic rings. The van der Waals surface area contributed by atoms with Crippen molar-refractivity contribution >= 4 is 15.9 Å². The van der Waals surface area contributed by atoms with Crippen molar-refractivity contribution in [1.82, 2.24) is 24.2 Å². The topological polar surface area (TPSA) is 88.4 Å². The molecule has 2 fully saturated rings. The number of carbonyl (C=O) groups is 1. The minimum absolute atomic E-state index is 0.0558. The van der Waals surface area contributed by atoms with Crippen LogP contribution in [0.25, 0.3) is 0 Å². The molecule has 0 unspecified atom stereocenters. The van der Waals surface area contributed by atoms with Gasteiger partial charge in [0.15, 0.2) is 0 Å². The summed E-state index contributed by atoms with van der Waals surface area (Å²) in [5, 5.41) is 7.70.